The van der Waals surface area contributed by atoms with Crippen molar-refractivity contribution in [3.8, 4) is 17.2 Å². The molecule has 0 spiro atoms. The molecule has 13 nitrogen and oxygen atoms in total. The number of nitrogens with two attached hydrogens (primary N) is 1. The zero-order chi connectivity index (χ0) is 34.3. The van der Waals surface area contributed by atoms with E-state index in [9.17, 15) is 9.90 Å². The van der Waals surface area contributed by atoms with Crippen LogP contribution in [0.25, 0.3) is 10.9 Å². The second kappa shape index (κ2) is 14.8. The molecule has 49 heavy (non-hydrogen) atoms. The van der Waals surface area contributed by atoms with Crippen molar-refractivity contribution in [2.75, 3.05) is 75.6 Å². The van der Waals surface area contributed by atoms with Crippen LogP contribution in [0.5, 0.6) is 17.2 Å². The molecule has 7 rings (SSSR count). The normalized spacial score (nSPS) is 14.1. The van der Waals surface area contributed by atoms with Crippen LogP contribution in [0.4, 0.5) is 23.1 Å². The van der Waals surface area contributed by atoms with Gasteiger partial charge in [0.1, 0.15) is 17.4 Å². The molecule has 0 saturated carbocycles. The standard InChI is InChI=1S/C19H21N5O4.C17H19N3O/c1-26-15-10-12-13(11-16(15)27-2)21-19(22-17(12)20)24-7-5-23(6-8-24)18(25)14-4-3-9-28-14;1-13-5-7-14(8-6-13)20(12-17-18-9-10-19-17)15-3-2-4-16(21)11-15/h3-4,9-11H,5-8H2,1-2H3,(H2,20,21,22);2-8,11,21H,9-10,12H2,1H3,(H,18,19). The van der Waals surface area contributed by atoms with Crippen LogP contribution in [-0.4, -0.2) is 91.8 Å². The van der Waals surface area contributed by atoms with E-state index in [2.05, 4.69) is 56.4 Å². The fourth-order valence-electron chi connectivity index (χ4n) is 5.69. The summed E-state index contributed by atoms with van der Waals surface area (Å²) in [5.41, 5.74) is 10.1. The summed E-state index contributed by atoms with van der Waals surface area (Å²) in [6.07, 6.45) is 1.50. The van der Waals surface area contributed by atoms with Crippen molar-refractivity contribution in [2.45, 2.75) is 6.92 Å². The lowest BCUT2D eigenvalue weighted by Crippen LogP contribution is -2.49. The van der Waals surface area contributed by atoms with Gasteiger partial charge in [0.2, 0.25) is 5.95 Å². The summed E-state index contributed by atoms with van der Waals surface area (Å²) in [7, 11) is 3.14. The molecule has 0 radical (unpaired) electrons. The van der Waals surface area contributed by atoms with Gasteiger partial charge in [-0.2, -0.15) is 4.98 Å². The van der Waals surface area contributed by atoms with Gasteiger partial charge in [-0.25, -0.2) is 4.98 Å². The van der Waals surface area contributed by atoms with Gasteiger partial charge in [0.05, 0.1) is 39.1 Å². The minimum Gasteiger partial charge on any atom is -0.508 e. The number of fused-ring (bicyclic) bond motifs is 1. The number of phenols is 1. The van der Waals surface area contributed by atoms with E-state index in [0.717, 1.165) is 30.3 Å². The Morgan fingerprint density at radius 2 is 1.71 bits per heavy atom. The number of aryl methyl sites for hydroxylation is 1. The van der Waals surface area contributed by atoms with Gasteiger partial charge in [0, 0.05) is 61.6 Å². The van der Waals surface area contributed by atoms with E-state index in [1.807, 2.05) is 17.0 Å². The molecule has 1 amide bonds. The third kappa shape index (κ3) is 7.61. The van der Waals surface area contributed by atoms with Gasteiger partial charge in [-0.15, -0.1) is 0 Å². The molecule has 2 aliphatic rings. The van der Waals surface area contributed by atoms with Crippen LogP contribution in [0.3, 0.4) is 0 Å². The van der Waals surface area contributed by atoms with Crippen molar-refractivity contribution in [1.82, 2.24) is 20.2 Å². The molecule has 2 aliphatic heterocycles. The average molecular weight is 665 g/mol. The Morgan fingerprint density at radius 1 is 0.959 bits per heavy atom. The minimum atomic E-state index is -0.111. The maximum atomic E-state index is 12.4. The third-order valence-electron chi connectivity index (χ3n) is 8.34. The van der Waals surface area contributed by atoms with E-state index >= 15 is 0 Å². The number of nitrogens with zero attached hydrogens (tertiary/aromatic N) is 6. The molecule has 1 fully saturated rings. The van der Waals surface area contributed by atoms with Crippen molar-refractivity contribution in [1.29, 1.82) is 0 Å². The van der Waals surface area contributed by atoms with Crippen LogP contribution >= 0.6 is 0 Å². The minimum absolute atomic E-state index is 0.111. The maximum absolute atomic E-state index is 12.4. The van der Waals surface area contributed by atoms with Crippen molar-refractivity contribution in [3.05, 3.63) is 90.4 Å². The van der Waals surface area contributed by atoms with E-state index in [1.165, 1.54) is 11.8 Å². The van der Waals surface area contributed by atoms with Crippen molar-refractivity contribution in [3.63, 3.8) is 0 Å². The predicted octanol–water partition coefficient (Wildman–Crippen LogP) is 4.63. The molecule has 0 aliphatic carbocycles. The number of phenolic OH excluding ortho intramolecular Hbond substituents is 1. The monoisotopic (exact) mass is 664 g/mol. The maximum Gasteiger partial charge on any atom is 0.289 e. The molecule has 1 saturated heterocycles. The molecule has 0 bridgehead atoms. The third-order valence-corrected chi connectivity index (χ3v) is 8.34. The first-order chi connectivity index (χ1) is 23.8. The van der Waals surface area contributed by atoms with Crippen LogP contribution in [0.1, 0.15) is 16.1 Å². The second-order valence-electron chi connectivity index (χ2n) is 11.6. The van der Waals surface area contributed by atoms with Gasteiger partial charge in [-0.05, 0) is 49.4 Å². The van der Waals surface area contributed by atoms with E-state index < -0.39 is 0 Å². The average Bonchev–Trinajstić information content (AvgIpc) is 3.86. The number of aliphatic imine (C=N–C) groups is 1. The predicted molar refractivity (Wildman–Crippen MR) is 190 cm³/mol. The molecule has 0 unspecified atom stereocenters. The zero-order valence-corrected chi connectivity index (χ0v) is 27.8. The van der Waals surface area contributed by atoms with Gasteiger partial charge in [0.15, 0.2) is 17.3 Å². The smallest absolute Gasteiger partial charge is 0.289 e. The van der Waals surface area contributed by atoms with E-state index in [-0.39, 0.29) is 11.7 Å². The summed E-state index contributed by atoms with van der Waals surface area (Å²) in [6, 6.07) is 22.6. The van der Waals surface area contributed by atoms with E-state index in [4.69, 9.17) is 19.6 Å². The van der Waals surface area contributed by atoms with E-state index in [0.29, 0.717) is 72.7 Å². The number of benzene rings is 3. The highest BCUT2D eigenvalue weighted by atomic mass is 16.5. The summed E-state index contributed by atoms with van der Waals surface area (Å²) in [4.78, 5) is 31.9. The summed E-state index contributed by atoms with van der Waals surface area (Å²) >= 11 is 0. The number of piperazine rings is 1. The number of rotatable bonds is 8. The van der Waals surface area contributed by atoms with Crippen LogP contribution in [-0.2, 0) is 0 Å². The van der Waals surface area contributed by atoms with Gasteiger partial charge in [0.25, 0.3) is 5.91 Å². The Hall–Kier alpha value is -5.98. The number of carbonyl (C=O) groups is 1. The highest BCUT2D eigenvalue weighted by molar-refractivity contribution is 5.93. The lowest BCUT2D eigenvalue weighted by molar-refractivity contribution is 0.0714. The van der Waals surface area contributed by atoms with E-state index in [1.54, 1.807) is 55.5 Å². The van der Waals surface area contributed by atoms with Crippen LogP contribution in [0.2, 0.25) is 0 Å². The summed E-state index contributed by atoms with van der Waals surface area (Å²) in [5, 5.41) is 13.7. The molecular weight excluding hydrogens is 624 g/mol. The molecule has 254 valence electrons. The first-order valence-corrected chi connectivity index (χ1v) is 16.0. The number of amidine groups is 1. The van der Waals surface area contributed by atoms with Crippen molar-refractivity contribution >= 4 is 45.8 Å². The highest BCUT2D eigenvalue weighted by Crippen LogP contribution is 2.34. The number of methoxy groups -OCH3 is 2. The number of furan rings is 1. The first kappa shape index (κ1) is 32.9. The fourth-order valence-corrected chi connectivity index (χ4v) is 5.69. The highest BCUT2D eigenvalue weighted by Gasteiger charge is 2.25. The lowest BCUT2D eigenvalue weighted by Gasteiger charge is -2.34. The molecule has 0 atom stereocenters. The van der Waals surface area contributed by atoms with Gasteiger partial charge in [-0.3, -0.25) is 9.79 Å². The quantitative estimate of drug-likeness (QED) is 0.213. The Morgan fingerprint density at radius 3 is 2.37 bits per heavy atom. The fraction of sp³-hybridized carbons (Fsp3) is 0.278. The van der Waals surface area contributed by atoms with Gasteiger partial charge < -0.3 is 44.7 Å². The number of nitrogen functional groups attached to an aromatic ring is 1. The van der Waals surface area contributed by atoms with Gasteiger partial charge >= 0.3 is 0 Å². The summed E-state index contributed by atoms with van der Waals surface area (Å²) in [5.74, 6) is 3.54. The van der Waals surface area contributed by atoms with Crippen LogP contribution in [0.15, 0.2) is 88.5 Å². The van der Waals surface area contributed by atoms with Crippen molar-refractivity contribution in [2.24, 2.45) is 4.99 Å². The largest absolute Gasteiger partial charge is 0.508 e. The number of ether oxygens (including phenoxy) is 2. The molecule has 2 aromatic heterocycles. The zero-order valence-electron chi connectivity index (χ0n) is 27.8. The van der Waals surface area contributed by atoms with Crippen LogP contribution < -0.4 is 30.3 Å². The number of carbonyl (C=O) groups excluding carboxylic acids is 1. The number of anilines is 4. The molecule has 3 aromatic carbocycles. The molecule has 5 aromatic rings. The lowest BCUT2D eigenvalue weighted by atomic mass is 10.2. The number of aromatic hydroxyl groups is 1. The SMILES string of the molecule is COc1cc2nc(N3CCN(C(=O)c4ccco4)CC3)nc(N)c2cc1OC.Cc1ccc(N(CC2=NCCN2)c2cccc(O)c2)cc1. The van der Waals surface area contributed by atoms with Crippen molar-refractivity contribution < 1.29 is 23.8 Å². The second-order valence-corrected chi connectivity index (χ2v) is 11.6. The number of amides is 1. The number of aromatic nitrogens is 2. The molecular formula is C36H40N8O5. The molecule has 13 heteroatoms. The summed E-state index contributed by atoms with van der Waals surface area (Å²) < 4.78 is 15.9. The van der Waals surface area contributed by atoms with Crippen LogP contribution in [0, 0.1) is 6.92 Å². The molecule has 4 N–H and O–H groups in total. The Labute approximate surface area is 284 Å². The Bertz CT molecular complexity index is 1920. The Kier molecular flexibility index (Phi) is 9.98. The topological polar surface area (TPSA) is 155 Å². The van der Waals surface area contributed by atoms with Gasteiger partial charge in [-0.1, -0.05) is 23.8 Å². The Balaban J connectivity index is 0.000000177. The number of hydrogen-bond acceptors (Lipinski definition) is 12. The molecule has 4 heterocycles. The number of nitrogens with one attached hydrogen (secondary N) is 1. The number of hydrogen-bond donors (Lipinski definition) is 3. The first-order valence-electron chi connectivity index (χ1n) is 16.0. The summed E-state index contributed by atoms with van der Waals surface area (Å²) in [6.45, 7) is 6.78.